The van der Waals surface area contributed by atoms with Crippen LogP contribution >= 0.6 is 22.9 Å². The Balaban J connectivity index is 1.73. The summed E-state index contributed by atoms with van der Waals surface area (Å²) in [5.74, 6) is 0.974. The van der Waals surface area contributed by atoms with E-state index in [1.165, 1.54) is 29.5 Å². The van der Waals surface area contributed by atoms with E-state index in [9.17, 15) is 14.9 Å². The van der Waals surface area contributed by atoms with Crippen LogP contribution in [0.3, 0.4) is 0 Å². The molecule has 1 aliphatic rings. The predicted octanol–water partition coefficient (Wildman–Crippen LogP) is 2.19. The van der Waals surface area contributed by atoms with Gasteiger partial charge in [-0.3, -0.25) is 24.5 Å². The van der Waals surface area contributed by atoms with Gasteiger partial charge in [-0.25, -0.2) is 0 Å². The number of hydrogen-bond acceptors (Lipinski definition) is 6. The van der Waals surface area contributed by atoms with Crippen molar-refractivity contribution in [1.29, 1.82) is 0 Å². The van der Waals surface area contributed by atoms with Gasteiger partial charge in [0.25, 0.3) is 11.2 Å². The number of halogens is 1. The summed E-state index contributed by atoms with van der Waals surface area (Å²) in [6.07, 6.45) is 1.66. The summed E-state index contributed by atoms with van der Waals surface area (Å²) in [4.78, 5) is 27.5. The number of nitro groups is 1. The predicted molar refractivity (Wildman–Crippen MR) is 93.6 cm³/mol. The molecule has 0 saturated heterocycles. The molecule has 25 heavy (non-hydrogen) atoms. The van der Waals surface area contributed by atoms with Crippen molar-refractivity contribution in [2.45, 2.75) is 6.54 Å². The summed E-state index contributed by atoms with van der Waals surface area (Å²) >= 11 is 7.44. The van der Waals surface area contributed by atoms with Gasteiger partial charge >= 0.3 is 0 Å². The smallest absolute Gasteiger partial charge is 0.270 e. The van der Waals surface area contributed by atoms with Gasteiger partial charge in [0.05, 0.1) is 21.0 Å². The summed E-state index contributed by atoms with van der Waals surface area (Å²) in [7, 11) is 0. The molecule has 0 aliphatic carbocycles. The molecule has 0 atom stereocenters. The standard InChI is InChI=1S/C16H10ClN3O4S/c17-12-7-9(20(22)23)1-3-11(12)13-4-2-10(24-13)8-14-15(21)19-6-5-18-16(19)25-14/h1-4,7-8H,5-6H2. The van der Waals surface area contributed by atoms with Gasteiger partial charge in [-0.2, -0.15) is 0 Å². The van der Waals surface area contributed by atoms with Crippen LogP contribution in [-0.2, 0) is 6.54 Å². The topological polar surface area (TPSA) is 90.6 Å². The van der Waals surface area contributed by atoms with Crippen LogP contribution in [0.5, 0.6) is 0 Å². The van der Waals surface area contributed by atoms with Crippen LogP contribution in [0.1, 0.15) is 5.76 Å². The van der Waals surface area contributed by atoms with Crippen LogP contribution in [0.25, 0.3) is 17.4 Å². The van der Waals surface area contributed by atoms with E-state index >= 15 is 0 Å². The molecule has 4 rings (SSSR count). The number of nitrogens with zero attached hydrogens (tertiary/aromatic N) is 3. The molecule has 9 heteroatoms. The lowest BCUT2D eigenvalue weighted by Gasteiger charge is -2.00. The maximum atomic E-state index is 12.3. The molecule has 0 saturated carbocycles. The number of non-ortho nitro benzene ring substituents is 1. The minimum Gasteiger partial charge on any atom is -0.457 e. The third-order valence-electron chi connectivity index (χ3n) is 3.79. The number of thiazole rings is 1. The second kappa shape index (κ2) is 5.98. The van der Waals surface area contributed by atoms with Gasteiger partial charge in [-0.05, 0) is 18.2 Å². The van der Waals surface area contributed by atoms with Gasteiger partial charge in [0.15, 0.2) is 4.80 Å². The first-order valence-electron chi connectivity index (χ1n) is 7.33. The maximum absolute atomic E-state index is 12.3. The fourth-order valence-electron chi connectivity index (χ4n) is 2.59. The number of rotatable bonds is 3. The van der Waals surface area contributed by atoms with Gasteiger partial charge in [0, 0.05) is 30.3 Å². The Morgan fingerprint density at radius 3 is 2.92 bits per heavy atom. The van der Waals surface area contributed by atoms with E-state index in [0.717, 1.165) is 4.80 Å². The van der Waals surface area contributed by atoms with Gasteiger partial charge in [0.1, 0.15) is 11.5 Å². The van der Waals surface area contributed by atoms with Crippen LogP contribution in [0, 0.1) is 10.1 Å². The molecule has 0 bridgehead atoms. The summed E-state index contributed by atoms with van der Waals surface area (Å²) < 4.78 is 7.93. The number of hydrogen-bond donors (Lipinski definition) is 0. The lowest BCUT2D eigenvalue weighted by atomic mass is 10.1. The van der Waals surface area contributed by atoms with Crippen LogP contribution in [0.2, 0.25) is 5.02 Å². The molecule has 126 valence electrons. The molecule has 0 spiro atoms. The minimum atomic E-state index is -0.508. The Morgan fingerprint density at radius 2 is 2.20 bits per heavy atom. The van der Waals surface area contributed by atoms with Crippen molar-refractivity contribution in [2.75, 3.05) is 6.54 Å². The van der Waals surface area contributed by atoms with Crippen LogP contribution in [0.15, 0.2) is 44.5 Å². The molecule has 0 fully saturated rings. The molecular weight excluding hydrogens is 366 g/mol. The summed E-state index contributed by atoms with van der Waals surface area (Å²) in [6, 6.07) is 7.61. The first kappa shape index (κ1) is 15.8. The fraction of sp³-hybridized carbons (Fsp3) is 0.125. The second-order valence-electron chi connectivity index (χ2n) is 5.36. The van der Waals surface area contributed by atoms with E-state index in [2.05, 4.69) is 4.99 Å². The van der Waals surface area contributed by atoms with Crippen molar-refractivity contribution in [3.8, 4) is 11.3 Å². The first-order chi connectivity index (χ1) is 12.0. The second-order valence-corrected chi connectivity index (χ2v) is 6.77. The molecule has 3 heterocycles. The summed E-state index contributed by atoms with van der Waals surface area (Å²) in [6.45, 7) is 1.26. The number of benzene rings is 1. The van der Waals surface area contributed by atoms with Crippen molar-refractivity contribution < 1.29 is 9.34 Å². The van der Waals surface area contributed by atoms with Gasteiger partial charge in [-0.1, -0.05) is 22.9 Å². The Morgan fingerprint density at radius 1 is 1.36 bits per heavy atom. The van der Waals surface area contributed by atoms with Crippen LogP contribution < -0.4 is 14.9 Å². The Bertz CT molecular complexity index is 1170. The molecule has 7 nitrogen and oxygen atoms in total. The molecule has 1 aromatic carbocycles. The van der Waals surface area contributed by atoms with Crippen molar-refractivity contribution >= 4 is 34.7 Å². The highest BCUT2D eigenvalue weighted by Crippen LogP contribution is 2.32. The van der Waals surface area contributed by atoms with E-state index in [1.807, 2.05) is 0 Å². The molecule has 0 amide bonds. The highest BCUT2D eigenvalue weighted by Gasteiger charge is 2.14. The van der Waals surface area contributed by atoms with Crippen molar-refractivity contribution in [1.82, 2.24) is 4.57 Å². The van der Waals surface area contributed by atoms with Gasteiger partial charge in [-0.15, -0.1) is 0 Å². The lowest BCUT2D eigenvalue weighted by molar-refractivity contribution is -0.384. The monoisotopic (exact) mass is 375 g/mol. The summed E-state index contributed by atoms with van der Waals surface area (Å²) in [5, 5.41) is 11.0. The van der Waals surface area contributed by atoms with Crippen LogP contribution in [0.4, 0.5) is 5.69 Å². The van der Waals surface area contributed by atoms with E-state index in [1.54, 1.807) is 22.8 Å². The summed E-state index contributed by atoms with van der Waals surface area (Å²) in [5.41, 5.74) is 0.386. The molecule has 3 aromatic rings. The Hall–Kier alpha value is -2.71. The van der Waals surface area contributed by atoms with E-state index in [0.29, 0.717) is 34.7 Å². The van der Waals surface area contributed by atoms with Crippen molar-refractivity contribution in [3.05, 3.63) is 70.9 Å². The highest BCUT2D eigenvalue weighted by molar-refractivity contribution is 7.07. The van der Waals surface area contributed by atoms with Crippen molar-refractivity contribution in [2.24, 2.45) is 4.99 Å². The maximum Gasteiger partial charge on any atom is 0.270 e. The normalized spacial score (nSPS) is 13.7. The number of aromatic nitrogens is 1. The largest absolute Gasteiger partial charge is 0.457 e. The van der Waals surface area contributed by atoms with E-state index < -0.39 is 4.92 Å². The minimum absolute atomic E-state index is 0.0763. The number of nitro benzene ring substituents is 1. The zero-order valence-corrected chi connectivity index (χ0v) is 14.2. The third-order valence-corrected chi connectivity index (χ3v) is 5.14. The van der Waals surface area contributed by atoms with E-state index in [-0.39, 0.29) is 16.3 Å². The van der Waals surface area contributed by atoms with E-state index in [4.69, 9.17) is 16.0 Å². The SMILES string of the molecule is O=c1c(=Cc2ccc(-c3ccc([N+](=O)[O-])cc3Cl)o2)sc2n1CCN=2. The molecule has 0 unspecified atom stereocenters. The quantitative estimate of drug-likeness (QED) is 0.518. The molecule has 0 radical (unpaired) electrons. The average Bonchev–Trinajstić information content (AvgIpc) is 3.27. The highest BCUT2D eigenvalue weighted by atomic mass is 35.5. The van der Waals surface area contributed by atoms with Gasteiger partial charge in [0.2, 0.25) is 0 Å². The average molecular weight is 376 g/mol. The van der Waals surface area contributed by atoms with Gasteiger partial charge < -0.3 is 4.42 Å². The zero-order chi connectivity index (χ0) is 17.6. The Kier molecular flexibility index (Phi) is 3.78. The molecule has 1 aliphatic heterocycles. The van der Waals surface area contributed by atoms with Crippen molar-refractivity contribution in [3.63, 3.8) is 0 Å². The number of furan rings is 1. The Labute approximate surface area is 149 Å². The fourth-order valence-corrected chi connectivity index (χ4v) is 3.87. The molecule has 2 aromatic heterocycles. The first-order valence-corrected chi connectivity index (χ1v) is 8.52. The molecular formula is C16H10ClN3O4S. The zero-order valence-electron chi connectivity index (χ0n) is 12.6. The van der Waals surface area contributed by atoms with Crippen LogP contribution in [-0.4, -0.2) is 16.0 Å². The number of fused-ring (bicyclic) bond motifs is 1. The lowest BCUT2D eigenvalue weighted by Crippen LogP contribution is -2.29. The molecule has 0 N–H and O–H groups in total. The third kappa shape index (κ3) is 2.79.